The van der Waals surface area contributed by atoms with E-state index in [1.807, 2.05) is 12.1 Å². The Labute approximate surface area is 174 Å². The molecule has 0 aromatic heterocycles. The number of methoxy groups -OCH3 is 1. The molecule has 2 unspecified atom stereocenters. The molecule has 3 aromatic carbocycles. The van der Waals surface area contributed by atoms with Crippen molar-refractivity contribution in [1.82, 2.24) is 0 Å². The number of hydrogen-bond acceptors (Lipinski definition) is 1. The predicted molar refractivity (Wildman–Crippen MR) is 130 cm³/mol. The van der Waals surface area contributed by atoms with E-state index in [0.717, 1.165) is 20.5 Å². The zero-order valence-corrected chi connectivity index (χ0v) is 19.2. The summed E-state index contributed by atoms with van der Waals surface area (Å²) in [5.41, 5.74) is 1.36. The minimum atomic E-state index is 0.146. The molecule has 0 saturated heterocycles. The molecule has 1 nitrogen and oxygen atoms in total. The molecule has 0 amide bonds. The van der Waals surface area contributed by atoms with Crippen LogP contribution in [0.3, 0.4) is 0 Å². The molecule has 0 aliphatic carbocycles. The van der Waals surface area contributed by atoms with Crippen molar-refractivity contribution in [3.8, 4) is 5.75 Å². The second-order valence-electron chi connectivity index (χ2n) is 6.48. The van der Waals surface area contributed by atoms with Crippen LogP contribution < -0.4 is 15.3 Å². The fourth-order valence-corrected chi connectivity index (χ4v) is 6.03. The Morgan fingerprint density at radius 3 is 1.93 bits per heavy atom. The molecule has 0 spiro atoms. The number of benzene rings is 3. The van der Waals surface area contributed by atoms with E-state index in [0.29, 0.717) is 0 Å². The molecule has 3 aromatic rings. The molecule has 2 atom stereocenters. The number of hydrogen-bond donors (Lipinski definition) is 0. The van der Waals surface area contributed by atoms with E-state index < -0.39 is 0 Å². The van der Waals surface area contributed by atoms with Gasteiger partial charge in [0.2, 0.25) is 0 Å². The summed E-state index contributed by atoms with van der Waals surface area (Å²) in [6, 6.07) is 29.8. The molecule has 3 rings (SSSR count). The van der Waals surface area contributed by atoms with Crippen LogP contribution in [0, 0.1) is 0 Å². The first-order valence-corrected chi connectivity index (χ1v) is 12.9. The summed E-state index contributed by atoms with van der Waals surface area (Å²) in [5, 5.41) is 2.98. The lowest BCUT2D eigenvalue weighted by Crippen LogP contribution is -2.03. The zero-order chi connectivity index (χ0) is 20.0. The van der Waals surface area contributed by atoms with Crippen LogP contribution in [0.25, 0.3) is 0 Å². The van der Waals surface area contributed by atoms with Crippen molar-refractivity contribution in [2.75, 3.05) is 19.4 Å². The Balaban J connectivity index is 0.000000209. The van der Waals surface area contributed by atoms with Crippen molar-refractivity contribution in [1.29, 1.82) is 0 Å². The van der Waals surface area contributed by atoms with Crippen molar-refractivity contribution in [3.63, 3.8) is 0 Å². The van der Waals surface area contributed by atoms with Gasteiger partial charge in [-0.3, -0.25) is 0 Å². The smallest absolute Gasteiger partial charge is 0.118 e. The lowest BCUT2D eigenvalue weighted by molar-refractivity contribution is 0.414. The van der Waals surface area contributed by atoms with Crippen molar-refractivity contribution in [2.45, 2.75) is 26.4 Å². The van der Waals surface area contributed by atoms with Crippen LogP contribution in [-0.4, -0.2) is 19.4 Å². The van der Waals surface area contributed by atoms with Gasteiger partial charge in [0, 0.05) is 0 Å². The van der Waals surface area contributed by atoms with E-state index in [4.69, 9.17) is 4.74 Å². The number of ether oxygens (including phenoxy) is 1. The van der Waals surface area contributed by atoms with Crippen LogP contribution in [0.5, 0.6) is 5.75 Å². The second kappa shape index (κ2) is 13.5. The molecular weight excluding hydrogens is 378 g/mol. The summed E-state index contributed by atoms with van der Waals surface area (Å²) in [7, 11) is 2.68. The Morgan fingerprint density at radius 2 is 1.39 bits per heavy atom. The molecule has 0 bridgehead atoms. The van der Waals surface area contributed by atoms with Crippen LogP contribution in [-0.2, 0) is 6.16 Å². The maximum Gasteiger partial charge on any atom is 0.118 e. The van der Waals surface area contributed by atoms with Crippen LogP contribution in [0.4, 0.5) is 0 Å². The van der Waals surface area contributed by atoms with Gasteiger partial charge in [0.05, 0.1) is 7.11 Å². The van der Waals surface area contributed by atoms with Gasteiger partial charge >= 0.3 is 0 Å². The van der Waals surface area contributed by atoms with Crippen molar-refractivity contribution in [3.05, 3.63) is 90.5 Å². The molecule has 0 aliphatic heterocycles. The van der Waals surface area contributed by atoms with Gasteiger partial charge in [-0.2, -0.15) is 0 Å². The number of rotatable bonds is 8. The minimum Gasteiger partial charge on any atom is -0.497 e. The summed E-state index contributed by atoms with van der Waals surface area (Å²) in [6.45, 7) is 4.57. The predicted octanol–water partition coefficient (Wildman–Crippen LogP) is 6.42. The van der Waals surface area contributed by atoms with E-state index in [1.165, 1.54) is 29.6 Å². The molecule has 0 heterocycles. The highest BCUT2D eigenvalue weighted by atomic mass is 31.1. The second-order valence-corrected chi connectivity index (χ2v) is 10.4. The monoisotopic (exact) mass is 410 g/mol. The molecule has 0 aliphatic rings. The Hall–Kier alpha value is -1.68. The maximum atomic E-state index is 5.13. The fraction of sp³-hybridized carbons (Fsp3) is 0.280. The van der Waals surface area contributed by atoms with Gasteiger partial charge in [0.1, 0.15) is 5.75 Å². The molecule has 0 saturated carbocycles. The van der Waals surface area contributed by atoms with Crippen molar-refractivity contribution >= 4 is 27.1 Å². The van der Waals surface area contributed by atoms with Crippen LogP contribution >= 0.6 is 16.5 Å². The van der Waals surface area contributed by atoms with Crippen molar-refractivity contribution < 1.29 is 4.74 Å². The highest BCUT2D eigenvalue weighted by Crippen LogP contribution is 2.33. The van der Waals surface area contributed by atoms with Crippen molar-refractivity contribution in [2.24, 2.45) is 0 Å². The fourth-order valence-electron chi connectivity index (χ4n) is 2.88. The quantitative estimate of drug-likeness (QED) is 0.389. The molecular formula is C25H32OP2. The standard InChI is InChI=1S/C14H15OP.C11H17P/c1-15-13-9-7-12(8-10-13)11-16-14-5-3-2-4-6-14;1-3-10-12(4-2)11-8-6-5-7-9-11/h2-10,16H,11H2,1H3;5-9H,3-4,10H2,1-2H3. The van der Waals surface area contributed by atoms with Gasteiger partial charge in [-0.15, -0.1) is 0 Å². The van der Waals surface area contributed by atoms with Crippen LogP contribution in [0.1, 0.15) is 25.8 Å². The summed E-state index contributed by atoms with van der Waals surface area (Å²) in [4.78, 5) is 0. The average Bonchev–Trinajstić information content (AvgIpc) is 2.78. The van der Waals surface area contributed by atoms with E-state index in [9.17, 15) is 0 Å². The first-order valence-electron chi connectivity index (χ1n) is 9.98. The van der Waals surface area contributed by atoms with Gasteiger partial charge in [0.15, 0.2) is 0 Å². The largest absolute Gasteiger partial charge is 0.497 e. The molecule has 3 heteroatoms. The maximum absolute atomic E-state index is 5.13. The SMILES string of the molecule is CCCP(CC)c1ccccc1.COc1ccc(CPc2ccccc2)cc1. The lowest BCUT2D eigenvalue weighted by atomic mass is 10.2. The van der Waals surface area contributed by atoms with E-state index in [-0.39, 0.29) is 7.92 Å². The Bertz CT molecular complexity index is 758. The van der Waals surface area contributed by atoms with Crippen LogP contribution in [0.2, 0.25) is 0 Å². The highest BCUT2D eigenvalue weighted by Gasteiger charge is 2.05. The van der Waals surface area contributed by atoms with Gasteiger partial charge in [0.25, 0.3) is 0 Å². The van der Waals surface area contributed by atoms with Gasteiger partial charge < -0.3 is 4.74 Å². The topological polar surface area (TPSA) is 9.23 Å². The third-order valence-corrected chi connectivity index (χ3v) is 8.53. The van der Waals surface area contributed by atoms with Gasteiger partial charge in [-0.1, -0.05) is 110 Å². The normalized spacial score (nSPS) is 11.7. The first-order chi connectivity index (χ1) is 13.8. The van der Waals surface area contributed by atoms with Crippen LogP contribution in [0.15, 0.2) is 84.9 Å². The van der Waals surface area contributed by atoms with Gasteiger partial charge in [-0.25, -0.2) is 0 Å². The third-order valence-electron chi connectivity index (χ3n) is 4.43. The molecule has 0 radical (unpaired) electrons. The van der Waals surface area contributed by atoms with E-state index in [2.05, 4.69) is 86.6 Å². The molecule has 148 valence electrons. The summed E-state index contributed by atoms with van der Waals surface area (Å²) in [6.07, 6.45) is 5.13. The van der Waals surface area contributed by atoms with Gasteiger partial charge in [-0.05, 0) is 46.8 Å². The highest BCUT2D eigenvalue weighted by molar-refractivity contribution is 7.65. The first kappa shape index (κ1) is 22.6. The lowest BCUT2D eigenvalue weighted by Gasteiger charge is -2.14. The van der Waals surface area contributed by atoms with E-state index in [1.54, 1.807) is 12.4 Å². The average molecular weight is 410 g/mol. The summed E-state index contributed by atoms with van der Waals surface area (Å²) >= 11 is 0. The Morgan fingerprint density at radius 1 is 0.786 bits per heavy atom. The summed E-state index contributed by atoms with van der Waals surface area (Å²) < 4.78 is 5.13. The third kappa shape index (κ3) is 8.14. The Kier molecular flexibility index (Phi) is 10.9. The zero-order valence-electron chi connectivity index (χ0n) is 17.3. The summed E-state index contributed by atoms with van der Waals surface area (Å²) in [5.74, 6) is 0.923. The molecule has 28 heavy (non-hydrogen) atoms. The molecule has 0 fully saturated rings. The molecule has 0 N–H and O–H groups in total. The van der Waals surface area contributed by atoms with E-state index >= 15 is 0 Å². The minimum absolute atomic E-state index is 0.146.